The molecule has 4 nitrogen and oxygen atoms in total. The minimum absolute atomic E-state index is 0.0202. The Hall–Kier alpha value is -2.43. The minimum atomic E-state index is 0.0202. The molecule has 2 aromatic carbocycles. The van der Waals surface area contributed by atoms with Gasteiger partial charge < -0.3 is 9.63 Å². The zero-order valence-corrected chi connectivity index (χ0v) is 13.4. The molecule has 0 spiro atoms. The van der Waals surface area contributed by atoms with E-state index in [1.54, 1.807) is 0 Å². The number of nitrogens with zero attached hydrogens (tertiary/aromatic N) is 2. The van der Waals surface area contributed by atoms with Crippen LogP contribution in [-0.2, 0) is 13.0 Å². The van der Waals surface area contributed by atoms with Crippen LogP contribution in [0.15, 0.2) is 65.2 Å². The summed E-state index contributed by atoms with van der Waals surface area (Å²) in [7, 11) is 0. The molecule has 0 aliphatic carbocycles. The van der Waals surface area contributed by atoms with Crippen molar-refractivity contribution >= 4 is 0 Å². The van der Waals surface area contributed by atoms with Crippen LogP contribution in [0, 0.1) is 0 Å². The molecular formula is C20H20N2O2. The lowest BCUT2D eigenvalue weighted by atomic mass is 9.93. The molecule has 122 valence electrons. The number of benzene rings is 2. The highest BCUT2D eigenvalue weighted by molar-refractivity contribution is 5.56. The van der Waals surface area contributed by atoms with Crippen LogP contribution in [0.5, 0.6) is 0 Å². The average Bonchev–Trinajstić information content (AvgIpc) is 3.11. The van der Waals surface area contributed by atoms with E-state index < -0.39 is 0 Å². The first-order valence-corrected chi connectivity index (χ1v) is 8.29. The van der Waals surface area contributed by atoms with Crippen LogP contribution in [0.1, 0.15) is 22.9 Å². The molecule has 1 N–H and O–H groups in total. The fourth-order valence-electron chi connectivity index (χ4n) is 3.44. The molecule has 0 radical (unpaired) electrons. The van der Waals surface area contributed by atoms with E-state index in [9.17, 15) is 5.11 Å². The van der Waals surface area contributed by atoms with Crippen molar-refractivity contribution in [2.45, 2.75) is 19.0 Å². The van der Waals surface area contributed by atoms with Gasteiger partial charge >= 0.3 is 0 Å². The van der Waals surface area contributed by atoms with E-state index in [0.717, 1.165) is 30.0 Å². The minimum Gasteiger partial charge on any atom is -0.394 e. The maximum absolute atomic E-state index is 9.88. The van der Waals surface area contributed by atoms with E-state index in [0.29, 0.717) is 6.54 Å². The molecule has 3 aromatic rings. The summed E-state index contributed by atoms with van der Waals surface area (Å²) in [5.74, 6) is 0.781. The molecule has 0 saturated carbocycles. The normalized spacial score (nSPS) is 17.6. The van der Waals surface area contributed by atoms with Gasteiger partial charge in [0.2, 0.25) is 0 Å². The molecule has 1 unspecified atom stereocenters. The fraction of sp³-hybridized carbons (Fsp3) is 0.250. The van der Waals surface area contributed by atoms with Gasteiger partial charge in [0.05, 0.1) is 18.3 Å². The molecule has 1 atom stereocenters. The van der Waals surface area contributed by atoms with Gasteiger partial charge in [0.1, 0.15) is 0 Å². The summed E-state index contributed by atoms with van der Waals surface area (Å²) in [5.41, 5.74) is 4.47. The van der Waals surface area contributed by atoms with Crippen molar-refractivity contribution in [2.24, 2.45) is 0 Å². The number of hydrogen-bond acceptors (Lipinski definition) is 4. The number of fused-ring (bicyclic) bond motifs is 1. The van der Waals surface area contributed by atoms with E-state index in [4.69, 9.17) is 4.52 Å². The first-order chi connectivity index (χ1) is 11.8. The van der Waals surface area contributed by atoms with Gasteiger partial charge in [-0.15, -0.1) is 0 Å². The lowest BCUT2D eigenvalue weighted by molar-refractivity contribution is 0.106. The SMILES string of the molecule is OCC1c2ccccc2CCN1Cc1cc(-c2ccccc2)on1. The second-order valence-electron chi connectivity index (χ2n) is 6.17. The van der Waals surface area contributed by atoms with Gasteiger partial charge in [-0.05, 0) is 17.5 Å². The number of aliphatic hydroxyl groups is 1. The Labute approximate surface area is 141 Å². The van der Waals surface area contributed by atoms with Crippen molar-refractivity contribution in [1.29, 1.82) is 0 Å². The van der Waals surface area contributed by atoms with Crippen LogP contribution >= 0.6 is 0 Å². The standard InChI is InChI=1S/C20H20N2O2/c23-14-19-18-9-5-4-6-15(18)10-11-22(19)13-17-12-20(24-21-17)16-7-2-1-3-8-16/h1-9,12,19,23H,10-11,13-14H2. The van der Waals surface area contributed by atoms with Crippen molar-refractivity contribution in [1.82, 2.24) is 10.1 Å². The summed E-state index contributed by atoms with van der Waals surface area (Å²) in [5, 5.41) is 14.1. The Kier molecular flexibility index (Phi) is 4.15. The van der Waals surface area contributed by atoms with Gasteiger partial charge in [-0.2, -0.15) is 0 Å². The summed E-state index contributed by atoms with van der Waals surface area (Å²) in [6.07, 6.45) is 0.996. The summed E-state index contributed by atoms with van der Waals surface area (Å²) < 4.78 is 5.49. The highest BCUT2D eigenvalue weighted by atomic mass is 16.5. The zero-order chi connectivity index (χ0) is 16.4. The van der Waals surface area contributed by atoms with Crippen LogP contribution in [-0.4, -0.2) is 28.3 Å². The molecular weight excluding hydrogens is 300 g/mol. The van der Waals surface area contributed by atoms with E-state index in [1.807, 2.05) is 42.5 Å². The van der Waals surface area contributed by atoms with Gasteiger partial charge in [0.15, 0.2) is 5.76 Å². The molecule has 1 aliphatic heterocycles. The lowest BCUT2D eigenvalue weighted by Gasteiger charge is -2.35. The van der Waals surface area contributed by atoms with Crippen molar-refractivity contribution < 1.29 is 9.63 Å². The summed E-state index contributed by atoms with van der Waals surface area (Å²) >= 11 is 0. The molecule has 0 fully saturated rings. The predicted molar refractivity (Wildman–Crippen MR) is 92.3 cm³/mol. The first-order valence-electron chi connectivity index (χ1n) is 8.29. The van der Waals surface area contributed by atoms with E-state index in [2.05, 4.69) is 28.3 Å². The molecule has 1 aliphatic rings. The molecule has 24 heavy (non-hydrogen) atoms. The average molecular weight is 320 g/mol. The lowest BCUT2D eigenvalue weighted by Crippen LogP contribution is -2.36. The molecule has 4 rings (SSSR count). The maximum Gasteiger partial charge on any atom is 0.167 e. The van der Waals surface area contributed by atoms with E-state index >= 15 is 0 Å². The molecule has 4 heteroatoms. The Morgan fingerprint density at radius 3 is 2.71 bits per heavy atom. The van der Waals surface area contributed by atoms with Gasteiger partial charge in [-0.3, -0.25) is 4.90 Å². The van der Waals surface area contributed by atoms with Crippen molar-refractivity contribution in [2.75, 3.05) is 13.2 Å². The largest absolute Gasteiger partial charge is 0.394 e. The van der Waals surface area contributed by atoms with Crippen LogP contribution < -0.4 is 0 Å². The Morgan fingerprint density at radius 2 is 1.88 bits per heavy atom. The van der Waals surface area contributed by atoms with Gasteiger partial charge in [0.25, 0.3) is 0 Å². The second-order valence-corrected chi connectivity index (χ2v) is 6.17. The second kappa shape index (κ2) is 6.59. The third kappa shape index (κ3) is 2.86. The maximum atomic E-state index is 9.88. The number of aliphatic hydroxyl groups excluding tert-OH is 1. The summed E-state index contributed by atoms with van der Waals surface area (Å²) in [6.45, 7) is 1.70. The quantitative estimate of drug-likeness (QED) is 0.800. The third-order valence-corrected chi connectivity index (χ3v) is 4.68. The van der Waals surface area contributed by atoms with Crippen molar-refractivity contribution in [3.05, 3.63) is 77.5 Å². The van der Waals surface area contributed by atoms with Gasteiger partial charge in [-0.25, -0.2) is 0 Å². The van der Waals surface area contributed by atoms with Crippen LogP contribution in [0.4, 0.5) is 0 Å². The topological polar surface area (TPSA) is 49.5 Å². The monoisotopic (exact) mass is 320 g/mol. The smallest absolute Gasteiger partial charge is 0.167 e. The number of rotatable bonds is 4. The highest BCUT2D eigenvalue weighted by Gasteiger charge is 2.27. The molecule has 0 bridgehead atoms. The van der Waals surface area contributed by atoms with Crippen molar-refractivity contribution in [3.8, 4) is 11.3 Å². The molecule has 0 saturated heterocycles. The molecule has 0 amide bonds. The Bertz CT molecular complexity index is 813. The number of aromatic nitrogens is 1. The van der Waals surface area contributed by atoms with Gasteiger partial charge in [0, 0.05) is 24.7 Å². The summed E-state index contributed by atoms with van der Waals surface area (Å²) in [6, 6.07) is 20.4. The number of hydrogen-bond donors (Lipinski definition) is 1. The summed E-state index contributed by atoms with van der Waals surface area (Å²) in [4.78, 5) is 2.27. The first kappa shape index (κ1) is 15.1. The highest BCUT2D eigenvalue weighted by Crippen LogP contribution is 2.31. The predicted octanol–water partition coefficient (Wildman–Crippen LogP) is 3.43. The van der Waals surface area contributed by atoms with Gasteiger partial charge in [-0.1, -0.05) is 59.8 Å². The Balaban J connectivity index is 1.55. The van der Waals surface area contributed by atoms with Crippen molar-refractivity contribution in [3.63, 3.8) is 0 Å². The zero-order valence-electron chi connectivity index (χ0n) is 13.4. The van der Waals surface area contributed by atoms with E-state index in [1.165, 1.54) is 11.1 Å². The Morgan fingerprint density at radius 1 is 1.08 bits per heavy atom. The van der Waals surface area contributed by atoms with Crippen LogP contribution in [0.2, 0.25) is 0 Å². The molecule has 1 aromatic heterocycles. The van der Waals surface area contributed by atoms with E-state index in [-0.39, 0.29) is 12.6 Å². The van der Waals surface area contributed by atoms with Crippen LogP contribution in [0.3, 0.4) is 0 Å². The van der Waals surface area contributed by atoms with Crippen LogP contribution in [0.25, 0.3) is 11.3 Å². The third-order valence-electron chi connectivity index (χ3n) is 4.68. The fourth-order valence-corrected chi connectivity index (χ4v) is 3.44. The molecule has 2 heterocycles.